The summed E-state index contributed by atoms with van der Waals surface area (Å²) < 4.78 is 12.5. The topological polar surface area (TPSA) is 82.5 Å². The number of anilines is 1. The Kier molecular flexibility index (Phi) is 6.23. The molecule has 166 valence electrons. The van der Waals surface area contributed by atoms with Crippen LogP contribution in [-0.4, -0.2) is 29.7 Å². The summed E-state index contributed by atoms with van der Waals surface area (Å²) in [6, 6.07) is 13.7. The molecule has 0 spiro atoms. The van der Waals surface area contributed by atoms with Gasteiger partial charge in [0.2, 0.25) is 5.91 Å². The number of amides is 1. The zero-order valence-corrected chi connectivity index (χ0v) is 19.3. The molecule has 1 unspecified atom stereocenters. The van der Waals surface area contributed by atoms with Crippen LogP contribution in [0, 0.1) is 6.92 Å². The number of hydrogen-bond donors (Lipinski definition) is 1. The first-order valence-corrected chi connectivity index (χ1v) is 11.2. The Hall–Kier alpha value is -3.26. The van der Waals surface area contributed by atoms with Crippen molar-refractivity contribution in [2.75, 3.05) is 19.5 Å². The predicted octanol–water partition coefficient (Wildman–Crippen LogP) is 3.87. The van der Waals surface area contributed by atoms with Crippen LogP contribution in [0.1, 0.15) is 34.6 Å². The van der Waals surface area contributed by atoms with Gasteiger partial charge in [-0.25, -0.2) is 0 Å². The minimum Gasteiger partial charge on any atom is -0.493 e. The molecule has 0 bridgehead atoms. The molecule has 1 aliphatic rings. The Morgan fingerprint density at radius 1 is 1.09 bits per heavy atom. The third-order valence-electron chi connectivity index (χ3n) is 5.60. The second kappa shape index (κ2) is 9.08. The van der Waals surface area contributed by atoms with Crippen molar-refractivity contribution in [3.8, 4) is 11.5 Å². The van der Waals surface area contributed by atoms with Crippen molar-refractivity contribution < 1.29 is 14.3 Å². The molecule has 7 nitrogen and oxygen atoms in total. The summed E-state index contributed by atoms with van der Waals surface area (Å²) in [4.78, 5) is 30.0. The predicted molar refractivity (Wildman–Crippen MR) is 125 cm³/mol. The molecule has 0 saturated carbocycles. The zero-order valence-electron chi connectivity index (χ0n) is 18.5. The molecular formula is C24H25N3O4S. The Balaban J connectivity index is 1.71. The quantitative estimate of drug-likeness (QED) is 0.453. The van der Waals surface area contributed by atoms with Gasteiger partial charge in [0, 0.05) is 25.1 Å². The fourth-order valence-electron chi connectivity index (χ4n) is 3.85. The summed E-state index contributed by atoms with van der Waals surface area (Å²) in [5, 5.41) is 3.44. The number of methoxy groups -OCH3 is 2. The van der Waals surface area contributed by atoms with E-state index in [1.54, 1.807) is 24.9 Å². The Morgan fingerprint density at radius 2 is 1.81 bits per heavy atom. The van der Waals surface area contributed by atoms with Crippen LogP contribution in [0.3, 0.4) is 0 Å². The average Bonchev–Trinajstić information content (AvgIpc) is 2.80. The van der Waals surface area contributed by atoms with Crippen molar-refractivity contribution >= 4 is 23.5 Å². The molecule has 0 saturated heterocycles. The van der Waals surface area contributed by atoms with Crippen LogP contribution >= 0.6 is 11.8 Å². The number of ether oxygens (including phenoxy) is 2. The monoisotopic (exact) mass is 451 g/mol. The first-order chi connectivity index (χ1) is 15.4. The van der Waals surface area contributed by atoms with Crippen LogP contribution in [0.2, 0.25) is 0 Å². The van der Waals surface area contributed by atoms with Gasteiger partial charge in [-0.05, 0) is 30.2 Å². The van der Waals surface area contributed by atoms with E-state index in [2.05, 4.69) is 34.6 Å². The van der Waals surface area contributed by atoms with E-state index < -0.39 is 5.92 Å². The van der Waals surface area contributed by atoms with Gasteiger partial charge in [-0.2, -0.15) is 4.98 Å². The van der Waals surface area contributed by atoms with E-state index in [9.17, 15) is 9.59 Å². The molecule has 8 heteroatoms. The largest absolute Gasteiger partial charge is 0.493 e. The van der Waals surface area contributed by atoms with E-state index >= 15 is 0 Å². The second-order valence-corrected chi connectivity index (χ2v) is 8.66. The lowest BCUT2D eigenvalue weighted by Crippen LogP contribution is -2.33. The number of hydrogen-bond acceptors (Lipinski definition) is 6. The van der Waals surface area contributed by atoms with Gasteiger partial charge in [0.25, 0.3) is 5.56 Å². The maximum atomic E-state index is 13.1. The molecular weight excluding hydrogens is 426 g/mol. The summed E-state index contributed by atoms with van der Waals surface area (Å²) in [6.07, 6.45) is 0.162. The summed E-state index contributed by atoms with van der Waals surface area (Å²) in [7, 11) is 4.94. The van der Waals surface area contributed by atoms with Crippen molar-refractivity contribution in [1.82, 2.24) is 9.55 Å². The van der Waals surface area contributed by atoms with Crippen molar-refractivity contribution in [3.05, 3.63) is 75.1 Å². The summed E-state index contributed by atoms with van der Waals surface area (Å²) >= 11 is 1.47. The van der Waals surface area contributed by atoms with Gasteiger partial charge in [0.15, 0.2) is 16.7 Å². The van der Waals surface area contributed by atoms with Crippen molar-refractivity contribution in [2.45, 2.75) is 30.2 Å². The number of carbonyl (C=O) groups excluding carboxylic acids is 1. The maximum Gasteiger partial charge on any atom is 0.279 e. The Bertz CT molecular complexity index is 1220. The van der Waals surface area contributed by atoms with E-state index in [1.165, 1.54) is 17.3 Å². The lowest BCUT2D eigenvalue weighted by molar-refractivity contribution is -0.116. The number of nitrogens with one attached hydrogen (secondary N) is 1. The van der Waals surface area contributed by atoms with Gasteiger partial charge in [-0.3, -0.25) is 9.59 Å². The van der Waals surface area contributed by atoms with E-state index in [0.717, 1.165) is 11.1 Å². The van der Waals surface area contributed by atoms with E-state index in [4.69, 9.17) is 9.47 Å². The number of aryl methyl sites for hydroxylation is 1. The average molecular weight is 452 g/mol. The molecule has 1 N–H and O–H groups in total. The summed E-state index contributed by atoms with van der Waals surface area (Å²) in [5.74, 6) is 1.74. The smallest absolute Gasteiger partial charge is 0.279 e. The van der Waals surface area contributed by atoms with E-state index in [-0.39, 0.29) is 17.9 Å². The molecule has 1 atom stereocenters. The van der Waals surface area contributed by atoms with E-state index in [1.807, 2.05) is 26.1 Å². The highest BCUT2D eigenvalue weighted by atomic mass is 32.2. The van der Waals surface area contributed by atoms with Crippen LogP contribution in [-0.2, 0) is 17.6 Å². The SMILES string of the molecule is COc1ccc(C2CC(=O)Nc3c2c(=O)nc(SCc2ccc(C)cc2)n3C)cc1OC. The number of aromatic nitrogens is 2. The number of nitrogens with zero attached hydrogens (tertiary/aromatic N) is 2. The molecule has 2 aromatic carbocycles. The fraction of sp³-hybridized carbons (Fsp3) is 0.292. The number of rotatable bonds is 6. The summed E-state index contributed by atoms with van der Waals surface area (Å²) in [6.45, 7) is 2.04. The third-order valence-corrected chi connectivity index (χ3v) is 6.70. The Morgan fingerprint density at radius 3 is 2.50 bits per heavy atom. The summed E-state index contributed by atoms with van der Waals surface area (Å²) in [5.41, 5.74) is 3.29. The van der Waals surface area contributed by atoms with E-state index in [0.29, 0.717) is 33.8 Å². The first-order valence-electron chi connectivity index (χ1n) is 10.2. The molecule has 4 rings (SSSR count). The normalized spacial score (nSPS) is 15.1. The minimum absolute atomic E-state index is 0.145. The second-order valence-electron chi connectivity index (χ2n) is 7.71. The first kappa shape index (κ1) is 22.0. The fourth-order valence-corrected chi connectivity index (χ4v) is 4.77. The van der Waals surface area contributed by atoms with Crippen LogP contribution in [0.25, 0.3) is 0 Å². The molecule has 0 radical (unpaired) electrons. The lowest BCUT2D eigenvalue weighted by Gasteiger charge is -2.28. The van der Waals surface area contributed by atoms with Crippen molar-refractivity contribution in [2.24, 2.45) is 7.05 Å². The number of carbonyl (C=O) groups is 1. The molecule has 32 heavy (non-hydrogen) atoms. The lowest BCUT2D eigenvalue weighted by atomic mass is 9.86. The van der Waals surface area contributed by atoms with Crippen LogP contribution in [0.4, 0.5) is 5.82 Å². The molecule has 1 aromatic heterocycles. The molecule has 0 fully saturated rings. The van der Waals surface area contributed by atoms with Gasteiger partial charge in [-0.1, -0.05) is 47.7 Å². The minimum atomic E-state index is -0.416. The maximum absolute atomic E-state index is 13.1. The van der Waals surface area contributed by atoms with Crippen molar-refractivity contribution in [1.29, 1.82) is 0 Å². The van der Waals surface area contributed by atoms with Gasteiger partial charge < -0.3 is 19.4 Å². The molecule has 3 aromatic rings. The van der Waals surface area contributed by atoms with Crippen LogP contribution in [0.15, 0.2) is 52.4 Å². The van der Waals surface area contributed by atoms with Crippen LogP contribution < -0.4 is 20.3 Å². The van der Waals surface area contributed by atoms with Crippen molar-refractivity contribution in [3.63, 3.8) is 0 Å². The Labute approximate surface area is 190 Å². The third kappa shape index (κ3) is 4.23. The molecule has 1 amide bonds. The number of thioether (sulfide) groups is 1. The number of fused-ring (bicyclic) bond motifs is 1. The standard InChI is InChI=1S/C24H25N3O4S/c1-14-5-7-15(8-6-14)13-32-24-26-23(29)21-17(12-20(28)25-22(21)27(24)2)16-9-10-18(30-3)19(11-16)31-4/h5-11,17H,12-13H2,1-4H3,(H,25,28). The molecule has 2 heterocycles. The van der Waals surface area contributed by atoms with Gasteiger partial charge >= 0.3 is 0 Å². The molecule has 1 aliphatic heterocycles. The molecule has 0 aliphatic carbocycles. The van der Waals surface area contributed by atoms with Crippen LogP contribution in [0.5, 0.6) is 11.5 Å². The highest BCUT2D eigenvalue weighted by Gasteiger charge is 2.32. The highest BCUT2D eigenvalue weighted by Crippen LogP contribution is 2.39. The van der Waals surface area contributed by atoms with Gasteiger partial charge in [0.1, 0.15) is 5.82 Å². The van der Waals surface area contributed by atoms with Gasteiger partial charge in [-0.15, -0.1) is 0 Å². The highest BCUT2D eigenvalue weighted by molar-refractivity contribution is 7.98. The zero-order chi connectivity index (χ0) is 22.8. The number of benzene rings is 2. The van der Waals surface area contributed by atoms with Gasteiger partial charge in [0.05, 0.1) is 19.8 Å².